The van der Waals surface area contributed by atoms with Crippen molar-refractivity contribution in [3.05, 3.63) is 51.6 Å². The molecule has 1 heterocycles. The predicted octanol–water partition coefficient (Wildman–Crippen LogP) is 3.33. The van der Waals surface area contributed by atoms with Crippen molar-refractivity contribution in [1.82, 2.24) is 4.98 Å². The SMILES string of the molecule is Nc1cc(C(=O)Nc2ncccc2Cl)ccc1Br. The molecule has 1 aromatic carbocycles. The number of nitrogens with zero attached hydrogens (tertiary/aromatic N) is 1. The molecule has 0 saturated carbocycles. The van der Waals surface area contributed by atoms with Gasteiger partial charge in [-0.1, -0.05) is 11.6 Å². The van der Waals surface area contributed by atoms with Crippen LogP contribution in [0.2, 0.25) is 5.02 Å². The summed E-state index contributed by atoms with van der Waals surface area (Å²) in [6.45, 7) is 0. The van der Waals surface area contributed by atoms with E-state index >= 15 is 0 Å². The second-order valence-corrected chi connectivity index (χ2v) is 4.79. The van der Waals surface area contributed by atoms with Gasteiger partial charge in [-0.3, -0.25) is 4.79 Å². The Morgan fingerprint density at radius 1 is 1.39 bits per heavy atom. The summed E-state index contributed by atoms with van der Waals surface area (Å²) in [6, 6.07) is 8.29. The Morgan fingerprint density at radius 2 is 2.17 bits per heavy atom. The molecule has 6 heteroatoms. The summed E-state index contributed by atoms with van der Waals surface area (Å²) in [5.41, 5.74) is 6.65. The summed E-state index contributed by atoms with van der Waals surface area (Å²) in [5.74, 6) is 0.0143. The minimum absolute atomic E-state index is 0.310. The number of nitrogens with one attached hydrogen (secondary N) is 1. The molecule has 18 heavy (non-hydrogen) atoms. The van der Waals surface area contributed by atoms with Gasteiger partial charge in [0.25, 0.3) is 5.91 Å². The second kappa shape index (κ2) is 5.37. The van der Waals surface area contributed by atoms with Crippen LogP contribution in [0.15, 0.2) is 41.0 Å². The molecular weight excluding hydrogens is 318 g/mol. The summed E-state index contributed by atoms with van der Waals surface area (Å²) < 4.78 is 0.745. The summed E-state index contributed by atoms with van der Waals surface area (Å²) >= 11 is 9.17. The van der Waals surface area contributed by atoms with E-state index in [9.17, 15) is 4.79 Å². The Labute approximate surface area is 117 Å². The number of amides is 1. The Morgan fingerprint density at radius 3 is 2.83 bits per heavy atom. The minimum Gasteiger partial charge on any atom is -0.398 e. The number of rotatable bonds is 2. The van der Waals surface area contributed by atoms with Crippen LogP contribution in [-0.2, 0) is 0 Å². The Kier molecular flexibility index (Phi) is 3.84. The van der Waals surface area contributed by atoms with E-state index < -0.39 is 0 Å². The van der Waals surface area contributed by atoms with Crippen molar-refractivity contribution in [2.45, 2.75) is 0 Å². The summed E-state index contributed by atoms with van der Waals surface area (Å²) in [4.78, 5) is 15.9. The van der Waals surface area contributed by atoms with Gasteiger partial charge >= 0.3 is 0 Å². The third-order valence-electron chi connectivity index (χ3n) is 2.25. The highest BCUT2D eigenvalue weighted by Gasteiger charge is 2.10. The van der Waals surface area contributed by atoms with Gasteiger partial charge in [0.05, 0.1) is 5.02 Å². The molecule has 1 amide bonds. The fourth-order valence-corrected chi connectivity index (χ4v) is 1.76. The van der Waals surface area contributed by atoms with Crippen LogP contribution in [0.1, 0.15) is 10.4 Å². The van der Waals surface area contributed by atoms with Gasteiger partial charge in [0, 0.05) is 21.9 Å². The van der Waals surface area contributed by atoms with E-state index in [2.05, 4.69) is 26.2 Å². The van der Waals surface area contributed by atoms with Crippen LogP contribution < -0.4 is 11.1 Å². The van der Waals surface area contributed by atoms with Crippen LogP contribution in [0.25, 0.3) is 0 Å². The molecule has 1 aromatic heterocycles. The molecule has 0 radical (unpaired) electrons. The van der Waals surface area contributed by atoms with Gasteiger partial charge in [0.1, 0.15) is 0 Å². The lowest BCUT2D eigenvalue weighted by Gasteiger charge is -2.07. The van der Waals surface area contributed by atoms with E-state index in [-0.39, 0.29) is 5.91 Å². The zero-order chi connectivity index (χ0) is 13.1. The summed E-state index contributed by atoms with van der Waals surface area (Å²) in [7, 11) is 0. The molecule has 0 aliphatic heterocycles. The van der Waals surface area contributed by atoms with Crippen molar-refractivity contribution in [1.29, 1.82) is 0 Å². The average Bonchev–Trinajstić information content (AvgIpc) is 2.35. The number of hydrogen-bond donors (Lipinski definition) is 2. The molecule has 0 aliphatic carbocycles. The first-order valence-electron chi connectivity index (χ1n) is 5.05. The fourth-order valence-electron chi connectivity index (χ4n) is 1.34. The van der Waals surface area contributed by atoms with E-state index in [0.717, 1.165) is 4.47 Å². The highest BCUT2D eigenvalue weighted by atomic mass is 79.9. The van der Waals surface area contributed by atoms with E-state index in [1.807, 2.05) is 0 Å². The van der Waals surface area contributed by atoms with Crippen LogP contribution in [0.3, 0.4) is 0 Å². The van der Waals surface area contributed by atoms with Crippen LogP contribution in [0.5, 0.6) is 0 Å². The summed E-state index contributed by atoms with van der Waals surface area (Å²) in [6.07, 6.45) is 1.55. The molecule has 0 fully saturated rings. The monoisotopic (exact) mass is 325 g/mol. The average molecular weight is 327 g/mol. The zero-order valence-electron chi connectivity index (χ0n) is 9.15. The number of benzene rings is 1. The quantitative estimate of drug-likeness (QED) is 0.832. The van der Waals surface area contributed by atoms with Crippen molar-refractivity contribution >= 4 is 44.9 Å². The minimum atomic E-state index is -0.310. The van der Waals surface area contributed by atoms with Gasteiger partial charge in [0.15, 0.2) is 5.82 Å². The van der Waals surface area contributed by atoms with E-state index in [1.54, 1.807) is 36.5 Å². The third-order valence-corrected chi connectivity index (χ3v) is 3.28. The molecule has 2 rings (SSSR count). The molecule has 0 saturated heterocycles. The number of pyridine rings is 1. The predicted molar refractivity (Wildman–Crippen MR) is 75.8 cm³/mol. The number of nitrogens with two attached hydrogens (primary N) is 1. The van der Waals surface area contributed by atoms with Crippen LogP contribution >= 0.6 is 27.5 Å². The topological polar surface area (TPSA) is 68.0 Å². The van der Waals surface area contributed by atoms with Crippen molar-refractivity contribution in [2.24, 2.45) is 0 Å². The molecule has 0 spiro atoms. The summed E-state index contributed by atoms with van der Waals surface area (Å²) in [5, 5.41) is 3.01. The maximum Gasteiger partial charge on any atom is 0.256 e. The molecule has 4 nitrogen and oxygen atoms in total. The first-order valence-corrected chi connectivity index (χ1v) is 6.22. The van der Waals surface area contributed by atoms with Crippen molar-refractivity contribution in [3.63, 3.8) is 0 Å². The molecule has 3 N–H and O–H groups in total. The second-order valence-electron chi connectivity index (χ2n) is 3.52. The van der Waals surface area contributed by atoms with E-state index in [4.69, 9.17) is 17.3 Å². The highest BCUT2D eigenvalue weighted by molar-refractivity contribution is 9.10. The van der Waals surface area contributed by atoms with Gasteiger partial charge in [-0.05, 0) is 46.3 Å². The maximum atomic E-state index is 11.9. The smallest absolute Gasteiger partial charge is 0.256 e. The first-order chi connectivity index (χ1) is 8.58. The Hall–Kier alpha value is -1.59. The molecule has 92 valence electrons. The van der Waals surface area contributed by atoms with Crippen molar-refractivity contribution in [2.75, 3.05) is 11.1 Å². The highest BCUT2D eigenvalue weighted by Crippen LogP contribution is 2.22. The number of carbonyl (C=O) groups excluding carboxylic acids is 1. The molecule has 0 bridgehead atoms. The third kappa shape index (κ3) is 2.80. The number of carbonyl (C=O) groups is 1. The van der Waals surface area contributed by atoms with Crippen LogP contribution in [-0.4, -0.2) is 10.9 Å². The van der Waals surface area contributed by atoms with Gasteiger partial charge < -0.3 is 11.1 Å². The number of anilines is 2. The Bertz CT molecular complexity index is 604. The molecule has 0 aliphatic rings. The number of nitrogen functional groups attached to an aromatic ring is 1. The zero-order valence-corrected chi connectivity index (χ0v) is 11.5. The lowest BCUT2D eigenvalue weighted by molar-refractivity contribution is 0.102. The van der Waals surface area contributed by atoms with Gasteiger partial charge in [-0.15, -0.1) is 0 Å². The standard InChI is InChI=1S/C12H9BrClN3O/c13-8-4-3-7(6-10(8)15)12(18)17-11-9(14)2-1-5-16-11/h1-6H,15H2,(H,16,17,18). The van der Waals surface area contributed by atoms with Crippen LogP contribution in [0, 0.1) is 0 Å². The van der Waals surface area contributed by atoms with Gasteiger partial charge in [-0.2, -0.15) is 0 Å². The normalized spacial score (nSPS) is 10.1. The van der Waals surface area contributed by atoms with Crippen LogP contribution in [0.4, 0.5) is 11.5 Å². The van der Waals surface area contributed by atoms with Gasteiger partial charge in [-0.25, -0.2) is 4.98 Å². The van der Waals surface area contributed by atoms with Crippen molar-refractivity contribution in [3.8, 4) is 0 Å². The fraction of sp³-hybridized carbons (Fsp3) is 0. The first kappa shape index (κ1) is 12.9. The lowest BCUT2D eigenvalue weighted by Crippen LogP contribution is -2.13. The van der Waals surface area contributed by atoms with E-state index in [1.165, 1.54) is 0 Å². The molecule has 2 aromatic rings. The largest absolute Gasteiger partial charge is 0.398 e. The number of aromatic nitrogens is 1. The lowest BCUT2D eigenvalue weighted by atomic mass is 10.2. The number of halogens is 2. The van der Waals surface area contributed by atoms with E-state index in [0.29, 0.717) is 22.1 Å². The number of hydrogen-bond acceptors (Lipinski definition) is 3. The van der Waals surface area contributed by atoms with Crippen molar-refractivity contribution < 1.29 is 4.79 Å². The molecule has 0 atom stereocenters. The maximum absolute atomic E-state index is 11.9. The molecule has 0 unspecified atom stereocenters. The molecular formula is C12H9BrClN3O. The van der Waals surface area contributed by atoms with Gasteiger partial charge in [0.2, 0.25) is 0 Å². The Balaban J connectivity index is 2.22.